The van der Waals surface area contributed by atoms with Gasteiger partial charge in [0.25, 0.3) is 0 Å². The van der Waals surface area contributed by atoms with Gasteiger partial charge in [0.2, 0.25) is 5.78 Å². The third-order valence-electron chi connectivity index (χ3n) is 2.11. The molecule has 0 aliphatic rings. The lowest BCUT2D eigenvalue weighted by Crippen LogP contribution is -2.01. The summed E-state index contributed by atoms with van der Waals surface area (Å²) >= 11 is 4.76. The summed E-state index contributed by atoms with van der Waals surface area (Å²) < 4.78 is 6.14. The van der Waals surface area contributed by atoms with Gasteiger partial charge in [-0.3, -0.25) is 9.78 Å². The molecule has 0 N–H and O–H groups in total. The van der Waals surface area contributed by atoms with E-state index in [9.17, 15) is 4.79 Å². The fourth-order valence-corrected chi connectivity index (χ4v) is 2.89. The molecule has 0 aliphatic heterocycles. The fraction of sp³-hybridized carbons (Fsp3) is 0.167. The molecule has 88 valence electrons. The average molecular weight is 312 g/mol. The molecule has 2 heterocycles. The highest BCUT2D eigenvalue weighted by Gasteiger charge is 2.14. The predicted octanol–water partition coefficient (Wildman–Crippen LogP) is 3.54. The number of pyridine rings is 1. The van der Waals surface area contributed by atoms with Crippen LogP contribution in [0.4, 0.5) is 0 Å². The topological polar surface area (TPSA) is 39.2 Å². The Morgan fingerprint density at radius 2 is 2.35 bits per heavy atom. The molecule has 0 bridgehead atoms. The van der Waals surface area contributed by atoms with Crippen LogP contribution in [-0.2, 0) is 0 Å². The molecule has 2 aromatic heterocycles. The van der Waals surface area contributed by atoms with Crippen molar-refractivity contribution in [1.29, 1.82) is 0 Å². The van der Waals surface area contributed by atoms with E-state index in [1.54, 1.807) is 18.5 Å². The third kappa shape index (κ3) is 2.73. The summed E-state index contributed by atoms with van der Waals surface area (Å²) in [4.78, 5) is 16.9. The van der Waals surface area contributed by atoms with Crippen LogP contribution in [0.3, 0.4) is 0 Å². The molecule has 2 rings (SSSR count). The van der Waals surface area contributed by atoms with E-state index in [4.69, 9.17) is 4.74 Å². The second kappa shape index (κ2) is 5.42. The number of hydrogen-bond acceptors (Lipinski definition) is 4. The molecule has 5 heteroatoms. The van der Waals surface area contributed by atoms with E-state index in [-0.39, 0.29) is 5.78 Å². The zero-order valence-corrected chi connectivity index (χ0v) is 11.5. The zero-order chi connectivity index (χ0) is 12.3. The summed E-state index contributed by atoms with van der Waals surface area (Å²) in [5, 5.41) is 1.87. The van der Waals surface area contributed by atoms with Crippen molar-refractivity contribution in [2.45, 2.75) is 6.92 Å². The van der Waals surface area contributed by atoms with Gasteiger partial charge in [-0.05, 0) is 40.4 Å². The molecule has 0 aliphatic carbocycles. The van der Waals surface area contributed by atoms with Crippen LogP contribution in [0.2, 0.25) is 0 Å². The second-order valence-corrected chi connectivity index (χ2v) is 5.04. The van der Waals surface area contributed by atoms with Gasteiger partial charge in [-0.1, -0.05) is 0 Å². The number of halogens is 1. The van der Waals surface area contributed by atoms with E-state index < -0.39 is 0 Å². The van der Waals surface area contributed by atoms with Gasteiger partial charge in [0.05, 0.1) is 17.7 Å². The number of thiophene rings is 1. The van der Waals surface area contributed by atoms with Gasteiger partial charge in [-0.15, -0.1) is 11.3 Å². The monoisotopic (exact) mass is 311 g/mol. The minimum absolute atomic E-state index is 0.0408. The van der Waals surface area contributed by atoms with Crippen molar-refractivity contribution < 1.29 is 9.53 Å². The van der Waals surface area contributed by atoms with Crippen molar-refractivity contribution in [2.24, 2.45) is 0 Å². The average Bonchev–Trinajstić information content (AvgIpc) is 2.75. The predicted molar refractivity (Wildman–Crippen MR) is 70.9 cm³/mol. The Hall–Kier alpha value is -1.20. The minimum atomic E-state index is -0.0408. The Kier molecular flexibility index (Phi) is 3.91. The van der Waals surface area contributed by atoms with Crippen molar-refractivity contribution in [2.75, 3.05) is 6.61 Å². The normalized spacial score (nSPS) is 10.2. The van der Waals surface area contributed by atoms with E-state index in [0.29, 0.717) is 22.8 Å². The van der Waals surface area contributed by atoms with Gasteiger partial charge in [0.15, 0.2) is 0 Å². The molecule has 2 aromatic rings. The van der Waals surface area contributed by atoms with Crippen molar-refractivity contribution in [3.8, 4) is 5.75 Å². The first-order chi connectivity index (χ1) is 8.22. The lowest BCUT2D eigenvalue weighted by atomic mass is 10.1. The molecule has 0 unspecified atom stereocenters. The first-order valence-electron chi connectivity index (χ1n) is 5.08. The number of ketones is 1. The fourth-order valence-electron chi connectivity index (χ4n) is 1.38. The number of carbonyl (C=O) groups excluding carboxylic acids is 1. The van der Waals surface area contributed by atoms with E-state index in [1.165, 1.54) is 11.3 Å². The van der Waals surface area contributed by atoms with Crippen LogP contribution in [-0.4, -0.2) is 17.4 Å². The maximum Gasteiger partial charge on any atom is 0.205 e. The van der Waals surface area contributed by atoms with E-state index in [2.05, 4.69) is 20.9 Å². The van der Waals surface area contributed by atoms with Gasteiger partial charge < -0.3 is 4.74 Å². The van der Waals surface area contributed by atoms with Crippen LogP contribution in [0.15, 0.2) is 34.4 Å². The third-order valence-corrected chi connectivity index (χ3v) is 3.95. The number of aromatic nitrogens is 1. The molecule has 0 radical (unpaired) electrons. The Morgan fingerprint density at radius 3 is 3.00 bits per heavy atom. The quantitative estimate of drug-likeness (QED) is 0.811. The molecular weight excluding hydrogens is 302 g/mol. The summed E-state index contributed by atoms with van der Waals surface area (Å²) in [6.45, 7) is 2.45. The second-order valence-electron chi connectivity index (χ2n) is 3.27. The van der Waals surface area contributed by atoms with Crippen LogP contribution in [0.5, 0.6) is 5.75 Å². The molecule has 0 saturated heterocycles. The highest BCUT2D eigenvalue weighted by Crippen LogP contribution is 2.26. The van der Waals surface area contributed by atoms with Crippen molar-refractivity contribution in [3.05, 3.63) is 44.8 Å². The number of rotatable bonds is 4. The molecule has 0 spiro atoms. The molecule has 0 atom stereocenters. The summed E-state index contributed by atoms with van der Waals surface area (Å²) in [7, 11) is 0. The Labute approximate surface area is 112 Å². The maximum absolute atomic E-state index is 12.2. The number of nitrogens with zero attached hydrogens (tertiary/aromatic N) is 1. The van der Waals surface area contributed by atoms with Crippen LogP contribution in [0.1, 0.15) is 22.2 Å². The summed E-state index contributed by atoms with van der Waals surface area (Å²) in [6, 6.07) is 3.57. The van der Waals surface area contributed by atoms with Gasteiger partial charge in [-0.2, -0.15) is 0 Å². The van der Waals surface area contributed by atoms with Gasteiger partial charge >= 0.3 is 0 Å². The van der Waals surface area contributed by atoms with E-state index in [1.807, 2.05) is 18.4 Å². The lowest BCUT2D eigenvalue weighted by Gasteiger charge is -2.04. The van der Waals surface area contributed by atoms with Crippen LogP contribution in [0.25, 0.3) is 0 Å². The largest absolute Gasteiger partial charge is 0.492 e. The Morgan fingerprint density at radius 1 is 1.53 bits per heavy atom. The summed E-state index contributed by atoms with van der Waals surface area (Å²) in [5.74, 6) is 0.576. The Bertz CT molecular complexity index is 539. The first kappa shape index (κ1) is 12.3. The summed E-state index contributed by atoms with van der Waals surface area (Å²) in [5.41, 5.74) is 0.541. The Balaban J connectivity index is 2.31. The van der Waals surface area contributed by atoms with Crippen LogP contribution >= 0.6 is 27.3 Å². The van der Waals surface area contributed by atoms with Crippen molar-refractivity contribution in [1.82, 2.24) is 4.98 Å². The molecule has 0 amide bonds. The van der Waals surface area contributed by atoms with E-state index >= 15 is 0 Å². The van der Waals surface area contributed by atoms with Crippen molar-refractivity contribution >= 4 is 33.0 Å². The standard InChI is InChI=1S/C12H10BrNO2S/c1-2-16-9-5-8(6-14-7-9)11(15)12-10(13)3-4-17-12/h3-7H,2H2,1H3. The lowest BCUT2D eigenvalue weighted by molar-refractivity contribution is 0.104. The maximum atomic E-state index is 12.2. The first-order valence-corrected chi connectivity index (χ1v) is 6.75. The summed E-state index contributed by atoms with van der Waals surface area (Å²) in [6.07, 6.45) is 3.15. The van der Waals surface area contributed by atoms with E-state index in [0.717, 1.165) is 4.47 Å². The number of carbonyl (C=O) groups is 1. The number of hydrogen-bond donors (Lipinski definition) is 0. The number of ether oxygens (including phenoxy) is 1. The van der Waals surface area contributed by atoms with Crippen LogP contribution < -0.4 is 4.74 Å². The molecule has 0 saturated carbocycles. The van der Waals surface area contributed by atoms with Crippen LogP contribution in [0, 0.1) is 0 Å². The minimum Gasteiger partial charge on any atom is -0.492 e. The van der Waals surface area contributed by atoms with Crippen molar-refractivity contribution in [3.63, 3.8) is 0 Å². The molecule has 0 aromatic carbocycles. The van der Waals surface area contributed by atoms with Gasteiger partial charge in [0.1, 0.15) is 5.75 Å². The SMILES string of the molecule is CCOc1cncc(C(=O)c2sccc2Br)c1. The van der Waals surface area contributed by atoms with Gasteiger partial charge in [-0.25, -0.2) is 0 Å². The highest BCUT2D eigenvalue weighted by molar-refractivity contribution is 9.10. The highest BCUT2D eigenvalue weighted by atomic mass is 79.9. The molecular formula is C12H10BrNO2S. The zero-order valence-electron chi connectivity index (χ0n) is 9.14. The van der Waals surface area contributed by atoms with Gasteiger partial charge in [0, 0.05) is 16.2 Å². The molecule has 3 nitrogen and oxygen atoms in total. The smallest absolute Gasteiger partial charge is 0.205 e. The molecule has 17 heavy (non-hydrogen) atoms. The molecule has 0 fully saturated rings.